The Morgan fingerprint density at radius 1 is 1.00 bits per heavy atom. The third kappa shape index (κ3) is 13.2. The van der Waals surface area contributed by atoms with Crippen molar-refractivity contribution in [3.8, 4) is 0 Å². The lowest BCUT2D eigenvalue weighted by molar-refractivity contribution is 0.0505. The van der Waals surface area contributed by atoms with Gasteiger partial charge in [-0.05, 0) is 13.0 Å². The van der Waals surface area contributed by atoms with Gasteiger partial charge in [0.1, 0.15) is 0 Å². The zero-order chi connectivity index (χ0) is 13.5. The molecule has 0 aromatic carbocycles. The van der Waals surface area contributed by atoms with Gasteiger partial charge in [0.05, 0.1) is 26.4 Å². The Bertz CT molecular complexity index is 191. The van der Waals surface area contributed by atoms with Crippen LogP contribution in [0.4, 0.5) is 4.79 Å². The molecular formula is C12H27N3O3. The normalized spacial score (nSPS) is 10.3. The van der Waals surface area contributed by atoms with Gasteiger partial charge in [-0.25, -0.2) is 4.79 Å². The molecule has 6 nitrogen and oxygen atoms in total. The summed E-state index contributed by atoms with van der Waals surface area (Å²) < 4.78 is 10.7. The summed E-state index contributed by atoms with van der Waals surface area (Å²) in [7, 11) is 1.58. The van der Waals surface area contributed by atoms with Gasteiger partial charge in [0.15, 0.2) is 0 Å². The highest BCUT2D eigenvalue weighted by Crippen LogP contribution is 1.82. The quantitative estimate of drug-likeness (QED) is 0.443. The average Bonchev–Trinajstić information content (AvgIpc) is 2.39. The lowest BCUT2D eigenvalue weighted by Crippen LogP contribution is -2.35. The first-order valence-electron chi connectivity index (χ1n) is 6.63. The van der Waals surface area contributed by atoms with E-state index < -0.39 is 0 Å². The van der Waals surface area contributed by atoms with E-state index in [2.05, 4.69) is 22.9 Å². The highest BCUT2D eigenvalue weighted by Gasteiger charge is 1.94. The molecule has 0 bridgehead atoms. The third-order valence-corrected chi connectivity index (χ3v) is 2.26. The molecule has 3 N–H and O–H groups in total. The van der Waals surface area contributed by atoms with E-state index in [9.17, 15) is 4.79 Å². The maximum Gasteiger partial charge on any atom is 0.314 e. The maximum absolute atomic E-state index is 10.8. The van der Waals surface area contributed by atoms with E-state index in [-0.39, 0.29) is 6.03 Å². The van der Waals surface area contributed by atoms with Gasteiger partial charge >= 0.3 is 6.03 Å². The molecule has 0 saturated carbocycles. The van der Waals surface area contributed by atoms with Crippen molar-refractivity contribution in [2.75, 3.05) is 53.1 Å². The van der Waals surface area contributed by atoms with Crippen molar-refractivity contribution in [3.63, 3.8) is 0 Å². The Kier molecular flexibility index (Phi) is 13.5. The Hall–Kier alpha value is -0.850. The smallest absolute Gasteiger partial charge is 0.314 e. The molecule has 0 fully saturated rings. The average molecular weight is 261 g/mol. The van der Waals surface area contributed by atoms with Crippen LogP contribution < -0.4 is 16.0 Å². The third-order valence-electron chi connectivity index (χ3n) is 2.26. The minimum absolute atomic E-state index is 0.187. The molecule has 0 aromatic rings. The van der Waals surface area contributed by atoms with Crippen molar-refractivity contribution in [2.24, 2.45) is 0 Å². The van der Waals surface area contributed by atoms with Crippen molar-refractivity contribution < 1.29 is 14.3 Å². The number of urea groups is 1. The van der Waals surface area contributed by atoms with E-state index >= 15 is 0 Å². The predicted molar refractivity (Wildman–Crippen MR) is 71.9 cm³/mol. The highest BCUT2D eigenvalue weighted by atomic mass is 16.5. The lowest BCUT2D eigenvalue weighted by atomic mass is 10.3. The number of nitrogens with one attached hydrogen (secondary N) is 3. The molecule has 0 aliphatic rings. The number of hydrogen-bond acceptors (Lipinski definition) is 4. The first-order valence-corrected chi connectivity index (χ1v) is 6.63. The summed E-state index contributed by atoms with van der Waals surface area (Å²) in [6, 6.07) is -0.187. The summed E-state index contributed by atoms with van der Waals surface area (Å²) in [5.74, 6) is 0. The van der Waals surface area contributed by atoms with Crippen LogP contribution >= 0.6 is 0 Å². The number of rotatable bonds is 12. The van der Waals surface area contributed by atoms with Crippen molar-refractivity contribution in [1.29, 1.82) is 0 Å². The summed E-state index contributed by atoms with van der Waals surface area (Å²) in [5.41, 5.74) is 0. The lowest BCUT2D eigenvalue weighted by Gasteiger charge is -2.07. The molecule has 0 aliphatic carbocycles. The van der Waals surface area contributed by atoms with Crippen molar-refractivity contribution >= 4 is 6.03 Å². The second-order valence-electron chi connectivity index (χ2n) is 3.83. The SMILES string of the molecule is CCCCNCCOCCOCCNC(=O)NC. The molecule has 0 spiro atoms. The monoisotopic (exact) mass is 261 g/mol. The van der Waals surface area contributed by atoms with Crippen LogP contribution in [0.5, 0.6) is 0 Å². The van der Waals surface area contributed by atoms with Gasteiger partial charge in [0.25, 0.3) is 0 Å². The molecule has 0 heterocycles. The van der Waals surface area contributed by atoms with Gasteiger partial charge in [-0.3, -0.25) is 0 Å². The molecule has 108 valence electrons. The zero-order valence-corrected chi connectivity index (χ0v) is 11.6. The van der Waals surface area contributed by atoms with Gasteiger partial charge in [0, 0.05) is 20.1 Å². The van der Waals surface area contributed by atoms with Crippen molar-refractivity contribution in [2.45, 2.75) is 19.8 Å². The fraction of sp³-hybridized carbons (Fsp3) is 0.917. The molecule has 0 rings (SSSR count). The summed E-state index contributed by atoms with van der Waals surface area (Å²) in [6.45, 7) is 7.00. The van der Waals surface area contributed by atoms with Gasteiger partial charge < -0.3 is 25.4 Å². The van der Waals surface area contributed by atoms with Crippen molar-refractivity contribution in [1.82, 2.24) is 16.0 Å². The molecule has 0 aromatic heterocycles. The maximum atomic E-state index is 10.8. The molecule has 2 amide bonds. The van der Waals surface area contributed by atoms with E-state index in [4.69, 9.17) is 9.47 Å². The number of hydrogen-bond donors (Lipinski definition) is 3. The molecule has 6 heteroatoms. The second kappa shape index (κ2) is 14.2. The number of carbonyl (C=O) groups excluding carboxylic acids is 1. The zero-order valence-electron chi connectivity index (χ0n) is 11.6. The fourth-order valence-electron chi connectivity index (χ4n) is 1.22. The molecule has 0 aliphatic heterocycles. The molecule has 18 heavy (non-hydrogen) atoms. The van der Waals surface area contributed by atoms with Gasteiger partial charge in [-0.2, -0.15) is 0 Å². The van der Waals surface area contributed by atoms with Crippen LogP contribution in [0, 0.1) is 0 Å². The van der Waals surface area contributed by atoms with Gasteiger partial charge in [0.2, 0.25) is 0 Å². The first kappa shape index (κ1) is 17.2. The molecular weight excluding hydrogens is 234 g/mol. The van der Waals surface area contributed by atoms with Crippen LogP contribution in [0.15, 0.2) is 0 Å². The summed E-state index contributed by atoms with van der Waals surface area (Å²) in [5, 5.41) is 8.40. The highest BCUT2D eigenvalue weighted by molar-refractivity contribution is 5.73. The van der Waals surface area contributed by atoms with E-state index in [1.165, 1.54) is 12.8 Å². The molecule has 0 saturated heterocycles. The summed E-state index contributed by atoms with van der Waals surface area (Å²) in [4.78, 5) is 10.8. The second-order valence-corrected chi connectivity index (χ2v) is 3.83. The fourth-order valence-corrected chi connectivity index (χ4v) is 1.22. The number of amides is 2. The minimum Gasteiger partial charge on any atom is -0.378 e. The first-order chi connectivity index (χ1) is 8.81. The van der Waals surface area contributed by atoms with Crippen LogP contribution in [0.1, 0.15) is 19.8 Å². The number of unbranched alkanes of at least 4 members (excludes halogenated alkanes) is 1. The summed E-state index contributed by atoms with van der Waals surface area (Å²) in [6.07, 6.45) is 2.42. The molecule has 0 unspecified atom stereocenters. The van der Waals surface area contributed by atoms with Crippen LogP contribution in [0.25, 0.3) is 0 Å². The van der Waals surface area contributed by atoms with Crippen LogP contribution in [-0.4, -0.2) is 59.1 Å². The van der Waals surface area contributed by atoms with E-state index in [0.717, 1.165) is 13.1 Å². The van der Waals surface area contributed by atoms with Gasteiger partial charge in [-0.1, -0.05) is 13.3 Å². The minimum atomic E-state index is -0.187. The van der Waals surface area contributed by atoms with Crippen LogP contribution in [0.2, 0.25) is 0 Å². The van der Waals surface area contributed by atoms with E-state index in [0.29, 0.717) is 33.0 Å². The standard InChI is InChI=1S/C12H27N3O3/c1-3-4-5-14-6-8-17-10-11-18-9-7-15-12(16)13-2/h14H,3-11H2,1-2H3,(H2,13,15,16). The Morgan fingerprint density at radius 3 is 2.28 bits per heavy atom. The molecule has 0 radical (unpaired) electrons. The Labute approximate surface area is 110 Å². The molecule has 0 atom stereocenters. The van der Waals surface area contributed by atoms with Crippen molar-refractivity contribution in [3.05, 3.63) is 0 Å². The van der Waals surface area contributed by atoms with E-state index in [1.807, 2.05) is 0 Å². The Morgan fingerprint density at radius 2 is 1.67 bits per heavy atom. The number of ether oxygens (including phenoxy) is 2. The Balaban J connectivity index is 2.97. The number of carbonyl (C=O) groups is 1. The van der Waals surface area contributed by atoms with Crippen LogP contribution in [-0.2, 0) is 9.47 Å². The largest absolute Gasteiger partial charge is 0.378 e. The topological polar surface area (TPSA) is 71.6 Å². The van der Waals surface area contributed by atoms with E-state index in [1.54, 1.807) is 7.05 Å². The van der Waals surface area contributed by atoms with Crippen LogP contribution in [0.3, 0.4) is 0 Å². The van der Waals surface area contributed by atoms with Gasteiger partial charge in [-0.15, -0.1) is 0 Å². The predicted octanol–water partition coefficient (Wildman–Crippen LogP) is 0.338. The summed E-state index contributed by atoms with van der Waals surface area (Å²) >= 11 is 0.